The Balaban J connectivity index is 2.31. The van der Waals surface area contributed by atoms with Crippen LogP contribution in [0.15, 0.2) is 64.4 Å². The van der Waals surface area contributed by atoms with Gasteiger partial charge in [-0.2, -0.15) is 5.26 Å². The van der Waals surface area contributed by atoms with Crippen LogP contribution in [0.1, 0.15) is 25.3 Å². The molecule has 0 N–H and O–H groups in total. The van der Waals surface area contributed by atoms with Crippen molar-refractivity contribution >= 4 is 15.9 Å². The normalized spacial score (nSPS) is 11.8. The van der Waals surface area contributed by atoms with Crippen LogP contribution in [0, 0.1) is 11.3 Å². The Morgan fingerprint density at radius 3 is 2.58 bits per heavy atom. The highest BCUT2D eigenvalue weighted by Gasteiger charge is 2.20. The Labute approximate surface area is 142 Å². The summed E-state index contributed by atoms with van der Waals surface area (Å²) >= 11 is 0. The van der Waals surface area contributed by atoms with Crippen LogP contribution in [-0.4, -0.2) is 15.0 Å². The lowest BCUT2D eigenvalue weighted by Crippen LogP contribution is -2.03. The number of nitriles is 1. The zero-order valence-corrected chi connectivity index (χ0v) is 14.3. The number of ether oxygens (including phenoxy) is 1. The number of rotatable bonds is 7. The van der Waals surface area contributed by atoms with Crippen LogP contribution >= 0.6 is 0 Å². The molecule has 0 bridgehead atoms. The molecule has 0 heterocycles. The Kier molecular flexibility index (Phi) is 6.16. The largest absolute Gasteiger partial charge is 0.494 e. The van der Waals surface area contributed by atoms with E-state index in [1.807, 2.05) is 6.07 Å². The first-order valence-electron chi connectivity index (χ1n) is 7.72. The van der Waals surface area contributed by atoms with Gasteiger partial charge in [-0.25, -0.2) is 8.42 Å². The minimum absolute atomic E-state index is 0.105. The van der Waals surface area contributed by atoms with Gasteiger partial charge in [0, 0.05) is 0 Å². The molecule has 0 aromatic heterocycles. The quantitative estimate of drug-likeness (QED) is 0.559. The molecule has 0 radical (unpaired) electrons. The first-order chi connectivity index (χ1) is 11.6. The van der Waals surface area contributed by atoms with Gasteiger partial charge in [-0.15, -0.1) is 0 Å². The molecular formula is C19H19NO3S. The second kappa shape index (κ2) is 8.32. The average molecular weight is 341 g/mol. The highest BCUT2D eigenvalue weighted by molar-refractivity contribution is 7.95. The third-order valence-corrected chi connectivity index (χ3v) is 5.06. The number of hydrogen-bond acceptors (Lipinski definition) is 4. The molecule has 0 spiro atoms. The van der Waals surface area contributed by atoms with E-state index in [1.165, 1.54) is 18.2 Å². The van der Waals surface area contributed by atoms with Crippen LogP contribution in [0.3, 0.4) is 0 Å². The number of hydrogen-bond donors (Lipinski definition) is 0. The van der Waals surface area contributed by atoms with Crippen LogP contribution in [0.5, 0.6) is 5.75 Å². The molecule has 24 heavy (non-hydrogen) atoms. The summed E-state index contributed by atoms with van der Waals surface area (Å²) in [5.41, 5.74) is 0.611. The van der Waals surface area contributed by atoms with Crippen molar-refractivity contribution in [3.05, 3.63) is 65.1 Å². The van der Waals surface area contributed by atoms with Crippen molar-refractivity contribution in [1.82, 2.24) is 0 Å². The van der Waals surface area contributed by atoms with Gasteiger partial charge in [0.05, 0.1) is 11.5 Å². The molecule has 5 heteroatoms. The maximum absolute atomic E-state index is 12.5. The summed E-state index contributed by atoms with van der Waals surface area (Å²) in [4.78, 5) is -0.187. The summed E-state index contributed by atoms with van der Waals surface area (Å²) < 4.78 is 30.7. The molecule has 2 aromatic carbocycles. The van der Waals surface area contributed by atoms with Crippen molar-refractivity contribution in [2.24, 2.45) is 0 Å². The molecular weight excluding hydrogens is 322 g/mol. The van der Waals surface area contributed by atoms with Crippen molar-refractivity contribution in [3.63, 3.8) is 0 Å². The van der Waals surface area contributed by atoms with Crippen molar-refractivity contribution < 1.29 is 13.2 Å². The molecule has 0 saturated carbocycles. The van der Waals surface area contributed by atoms with E-state index in [0.717, 1.165) is 12.8 Å². The van der Waals surface area contributed by atoms with Crippen LogP contribution in [0.25, 0.3) is 6.08 Å². The Morgan fingerprint density at radius 2 is 1.92 bits per heavy atom. The van der Waals surface area contributed by atoms with E-state index in [-0.39, 0.29) is 9.80 Å². The van der Waals surface area contributed by atoms with Crippen LogP contribution in [0.2, 0.25) is 0 Å². The van der Waals surface area contributed by atoms with Crippen molar-refractivity contribution in [2.45, 2.75) is 24.7 Å². The topological polar surface area (TPSA) is 67.2 Å². The summed E-state index contributed by atoms with van der Waals surface area (Å²) in [5, 5.41) is 9.30. The Morgan fingerprint density at radius 1 is 1.17 bits per heavy atom. The molecule has 0 saturated heterocycles. The highest BCUT2D eigenvalue weighted by atomic mass is 32.2. The molecule has 0 atom stereocenters. The van der Waals surface area contributed by atoms with Gasteiger partial charge in [0.1, 0.15) is 16.7 Å². The monoisotopic (exact) mass is 341 g/mol. The number of sulfone groups is 1. The predicted molar refractivity (Wildman–Crippen MR) is 94.1 cm³/mol. The summed E-state index contributed by atoms with van der Waals surface area (Å²) in [6, 6.07) is 16.8. The van der Waals surface area contributed by atoms with Crippen molar-refractivity contribution in [3.8, 4) is 11.8 Å². The molecule has 0 aliphatic rings. The summed E-state index contributed by atoms with van der Waals surface area (Å²) in [6.07, 6.45) is 3.36. The van der Waals surface area contributed by atoms with Gasteiger partial charge in [-0.05, 0) is 42.3 Å². The van der Waals surface area contributed by atoms with E-state index in [0.29, 0.717) is 17.9 Å². The number of benzene rings is 2. The fourth-order valence-electron chi connectivity index (χ4n) is 2.08. The van der Waals surface area contributed by atoms with E-state index in [9.17, 15) is 13.7 Å². The summed E-state index contributed by atoms with van der Waals surface area (Å²) in [5.74, 6) is 0.659. The van der Waals surface area contributed by atoms with Gasteiger partial charge < -0.3 is 4.74 Å². The first kappa shape index (κ1) is 17.8. The van der Waals surface area contributed by atoms with Crippen molar-refractivity contribution in [1.29, 1.82) is 5.26 Å². The van der Waals surface area contributed by atoms with Gasteiger partial charge >= 0.3 is 0 Å². The predicted octanol–water partition coefficient (Wildman–Crippen LogP) is 4.20. The lowest BCUT2D eigenvalue weighted by Gasteiger charge is -2.06. The van der Waals surface area contributed by atoms with E-state index < -0.39 is 9.84 Å². The fraction of sp³-hybridized carbons (Fsp3) is 0.211. The lowest BCUT2D eigenvalue weighted by molar-refractivity contribution is 0.309. The SMILES string of the molecule is CCCCOc1cccc(/C=C(/C#N)S(=O)(=O)c2ccccc2)c1. The van der Waals surface area contributed by atoms with Crippen LogP contribution in [-0.2, 0) is 9.84 Å². The summed E-state index contributed by atoms with van der Waals surface area (Å²) in [7, 11) is -3.82. The molecule has 0 unspecified atom stereocenters. The van der Waals surface area contributed by atoms with E-state index in [1.54, 1.807) is 42.5 Å². The molecule has 2 rings (SSSR count). The van der Waals surface area contributed by atoms with E-state index in [4.69, 9.17) is 4.74 Å². The van der Waals surface area contributed by atoms with Crippen LogP contribution < -0.4 is 4.74 Å². The average Bonchev–Trinajstić information content (AvgIpc) is 2.61. The highest BCUT2D eigenvalue weighted by Crippen LogP contribution is 2.22. The fourth-order valence-corrected chi connectivity index (χ4v) is 3.26. The zero-order chi connectivity index (χ0) is 17.4. The maximum Gasteiger partial charge on any atom is 0.216 e. The minimum Gasteiger partial charge on any atom is -0.494 e. The van der Waals surface area contributed by atoms with Gasteiger partial charge in [0.15, 0.2) is 0 Å². The first-order valence-corrected chi connectivity index (χ1v) is 9.21. The zero-order valence-electron chi connectivity index (χ0n) is 13.5. The van der Waals surface area contributed by atoms with Gasteiger partial charge in [-0.3, -0.25) is 0 Å². The number of unbranched alkanes of at least 4 members (excludes halogenated alkanes) is 1. The van der Waals surface area contributed by atoms with E-state index >= 15 is 0 Å². The molecule has 4 nitrogen and oxygen atoms in total. The number of nitrogens with zero attached hydrogens (tertiary/aromatic N) is 1. The minimum atomic E-state index is -3.82. The van der Waals surface area contributed by atoms with Crippen LogP contribution in [0.4, 0.5) is 0 Å². The second-order valence-electron chi connectivity index (χ2n) is 5.21. The standard InChI is InChI=1S/C19H19NO3S/c1-2-3-12-23-17-9-7-8-16(13-17)14-19(15-20)24(21,22)18-10-5-4-6-11-18/h4-11,13-14H,2-3,12H2,1H3/b19-14-. The molecule has 0 fully saturated rings. The van der Waals surface area contributed by atoms with Gasteiger partial charge in [0.2, 0.25) is 9.84 Å². The molecule has 0 aliphatic carbocycles. The Bertz CT molecular complexity index is 850. The molecule has 0 amide bonds. The molecule has 0 aliphatic heterocycles. The Hall–Kier alpha value is -2.58. The van der Waals surface area contributed by atoms with Gasteiger partial charge in [-0.1, -0.05) is 43.7 Å². The molecule has 124 valence electrons. The van der Waals surface area contributed by atoms with E-state index in [2.05, 4.69) is 6.92 Å². The summed E-state index contributed by atoms with van der Waals surface area (Å²) in [6.45, 7) is 2.69. The smallest absolute Gasteiger partial charge is 0.216 e. The lowest BCUT2D eigenvalue weighted by atomic mass is 10.2. The third kappa shape index (κ3) is 4.46. The second-order valence-corrected chi connectivity index (χ2v) is 7.13. The third-order valence-electron chi connectivity index (χ3n) is 3.38. The van der Waals surface area contributed by atoms with Crippen molar-refractivity contribution in [2.75, 3.05) is 6.61 Å². The molecule has 2 aromatic rings. The number of allylic oxidation sites excluding steroid dienone is 1. The maximum atomic E-state index is 12.5. The van der Waals surface area contributed by atoms with Gasteiger partial charge in [0.25, 0.3) is 0 Å².